The molecule has 8 rings (SSSR count). The van der Waals surface area contributed by atoms with Crippen molar-refractivity contribution >= 4 is 52.0 Å². The summed E-state index contributed by atoms with van der Waals surface area (Å²) in [5.74, 6) is -1.07. The van der Waals surface area contributed by atoms with Gasteiger partial charge in [-0.05, 0) is 76.8 Å². The fraction of sp³-hybridized carbons (Fsp3) is 0.450. The maximum atomic E-state index is 15.8. The first-order valence-corrected chi connectivity index (χ1v) is 19.0. The normalized spacial score (nSPS) is 19.4. The summed E-state index contributed by atoms with van der Waals surface area (Å²) >= 11 is 0. The first-order chi connectivity index (χ1) is 26.5. The van der Waals surface area contributed by atoms with Gasteiger partial charge in [0.1, 0.15) is 23.3 Å². The number of rotatable bonds is 9. The number of amides is 3. The minimum atomic E-state index is -0.786. The first kappa shape index (κ1) is 36.4. The highest BCUT2D eigenvalue weighted by Crippen LogP contribution is 2.34. The zero-order valence-electron chi connectivity index (χ0n) is 31.2. The lowest BCUT2D eigenvalue weighted by molar-refractivity contribution is -0.136. The number of aromatic nitrogens is 4. The van der Waals surface area contributed by atoms with Crippen molar-refractivity contribution in [3.8, 4) is 0 Å². The number of carbonyl (C=O) groups excluding carboxylic acids is 4. The van der Waals surface area contributed by atoms with Crippen molar-refractivity contribution in [1.82, 2.24) is 34.6 Å². The van der Waals surface area contributed by atoms with E-state index in [1.54, 1.807) is 29.8 Å². The second-order valence-corrected chi connectivity index (χ2v) is 15.2. The second kappa shape index (κ2) is 14.6. The van der Waals surface area contributed by atoms with Crippen LogP contribution in [0.3, 0.4) is 0 Å². The molecule has 1 aromatic carbocycles. The number of nitrogens with one attached hydrogen (secondary N) is 2. The van der Waals surface area contributed by atoms with E-state index >= 15 is 4.39 Å². The topological polar surface area (TPSA) is 163 Å². The van der Waals surface area contributed by atoms with Gasteiger partial charge in [-0.25, -0.2) is 14.4 Å². The molecule has 1 saturated carbocycles. The number of anilines is 3. The highest BCUT2D eigenvalue weighted by molar-refractivity contribution is 6.05. The average Bonchev–Trinajstić information content (AvgIpc) is 3.81. The third-order valence-electron chi connectivity index (χ3n) is 11.8. The van der Waals surface area contributed by atoms with Gasteiger partial charge >= 0.3 is 0 Å². The van der Waals surface area contributed by atoms with Crippen LogP contribution in [0.15, 0.2) is 41.5 Å². The van der Waals surface area contributed by atoms with Crippen LogP contribution in [-0.4, -0.2) is 85.0 Å². The van der Waals surface area contributed by atoms with E-state index in [-0.39, 0.29) is 65.8 Å². The molecule has 55 heavy (non-hydrogen) atoms. The van der Waals surface area contributed by atoms with Crippen LogP contribution in [-0.2, 0) is 22.7 Å². The molecule has 1 aliphatic carbocycles. The third kappa shape index (κ3) is 6.74. The number of ketones is 1. The second-order valence-electron chi connectivity index (χ2n) is 15.2. The van der Waals surface area contributed by atoms with Gasteiger partial charge in [0.2, 0.25) is 17.8 Å². The Labute approximate surface area is 317 Å². The molecular weight excluding hydrogens is 705 g/mol. The summed E-state index contributed by atoms with van der Waals surface area (Å²) in [5.41, 5.74) is 3.07. The number of hydrogen-bond donors (Lipinski definition) is 2. The van der Waals surface area contributed by atoms with Crippen molar-refractivity contribution in [2.75, 3.05) is 30.4 Å². The minimum Gasteiger partial charge on any atom is -0.370 e. The molecule has 2 N–H and O–H groups in total. The molecule has 3 amide bonds. The maximum absolute atomic E-state index is 15.8. The van der Waals surface area contributed by atoms with E-state index in [9.17, 15) is 24.0 Å². The zero-order valence-corrected chi connectivity index (χ0v) is 31.2. The molecule has 3 aliphatic heterocycles. The smallest absolute Gasteiger partial charge is 0.263 e. The monoisotopic (exact) mass is 749 g/mol. The van der Waals surface area contributed by atoms with E-state index in [2.05, 4.69) is 30.4 Å². The Kier molecular flexibility index (Phi) is 9.65. The standard InChI is InChI=1S/C40H44FN9O5/c1-22-29-19-43-40(46-36(29)50(26-6-4-5-7-26)39(55)34(22)23(2)51)44-32-12-9-27(18-42-32)48-16-14-25(15-17-48)47(3)20-24-8-10-28-30(35(24)41)21-49(38(28)54)31-11-13-33(52)45-37(31)53/h8-10,12,18-19,25-26,31H,4-7,11,13-17,20-21H2,1-3H3,(H,45,52,53)(H,42,43,44,46). The van der Waals surface area contributed by atoms with Crippen LogP contribution in [0.25, 0.3) is 11.0 Å². The summed E-state index contributed by atoms with van der Waals surface area (Å²) in [5, 5.41) is 6.16. The van der Waals surface area contributed by atoms with Gasteiger partial charge < -0.3 is 15.1 Å². The predicted molar refractivity (Wildman–Crippen MR) is 203 cm³/mol. The molecule has 0 radical (unpaired) electrons. The zero-order chi connectivity index (χ0) is 38.5. The average molecular weight is 750 g/mol. The molecule has 4 aliphatic rings. The van der Waals surface area contributed by atoms with Gasteiger partial charge in [0.05, 0.1) is 24.0 Å². The molecule has 0 spiro atoms. The number of aryl methyl sites for hydroxylation is 1. The molecule has 1 unspecified atom stereocenters. The molecule has 4 aromatic rings. The quantitative estimate of drug-likeness (QED) is 0.182. The molecular formula is C40H44FN9O5. The van der Waals surface area contributed by atoms with Crippen molar-refractivity contribution in [1.29, 1.82) is 0 Å². The Morgan fingerprint density at radius 3 is 2.45 bits per heavy atom. The fourth-order valence-electron chi connectivity index (χ4n) is 8.81. The highest BCUT2D eigenvalue weighted by Gasteiger charge is 2.40. The number of benzene rings is 1. The number of fused-ring (bicyclic) bond motifs is 2. The SMILES string of the molecule is CC(=O)c1c(C)c2cnc(Nc3ccc(N4CCC(N(C)Cc5ccc6c(c5F)CN(C5CCC(=O)NC5=O)C6=O)CC4)cn3)nc2n(C2CCCC2)c1=O. The number of hydrogen-bond acceptors (Lipinski definition) is 11. The number of nitrogens with zero attached hydrogens (tertiary/aromatic N) is 7. The predicted octanol–water partition coefficient (Wildman–Crippen LogP) is 4.56. The molecule has 14 nitrogen and oxygen atoms in total. The number of carbonyl (C=O) groups is 4. The van der Waals surface area contributed by atoms with Gasteiger partial charge in [0.25, 0.3) is 11.5 Å². The lowest BCUT2D eigenvalue weighted by atomic mass is 10.0. The van der Waals surface area contributed by atoms with Crippen LogP contribution < -0.4 is 21.1 Å². The molecule has 3 fully saturated rings. The van der Waals surface area contributed by atoms with E-state index < -0.39 is 17.8 Å². The Bertz CT molecular complexity index is 2280. The van der Waals surface area contributed by atoms with Crippen molar-refractivity contribution in [2.45, 2.75) is 96.4 Å². The van der Waals surface area contributed by atoms with Gasteiger partial charge in [-0.15, -0.1) is 0 Å². The summed E-state index contributed by atoms with van der Waals surface area (Å²) in [7, 11) is 1.99. The van der Waals surface area contributed by atoms with Crippen LogP contribution >= 0.6 is 0 Å². The van der Waals surface area contributed by atoms with E-state index in [4.69, 9.17) is 4.98 Å². The molecule has 1 atom stereocenters. The molecule has 2 saturated heterocycles. The van der Waals surface area contributed by atoms with E-state index in [1.807, 2.05) is 25.4 Å². The van der Waals surface area contributed by atoms with Gasteiger partial charge in [0, 0.05) is 66.4 Å². The van der Waals surface area contributed by atoms with Crippen LogP contribution in [0, 0.1) is 12.7 Å². The Balaban J connectivity index is 0.896. The molecule has 286 valence electrons. The first-order valence-electron chi connectivity index (χ1n) is 19.0. The van der Waals surface area contributed by atoms with Gasteiger partial charge in [-0.1, -0.05) is 18.9 Å². The maximum Gasteiger partial charge on any atom is 0.263 e. The van der Waals surface area contributed by atoms with E-state index in [0.29, 0.717) is 46.0 Å². The summed E-state index contributed by atoms with van der Waals surface area (Å²) in [6.07, 6.45) is 9.37. The molecule has 0 bridgehead atoms. The fourth-order valence-corrected chi connectivity index (χ4v) is 8.81. The van der Waals surface area contributed by atoms with Crippen molar-refractivity contribution in [3.05, 3.63) is 80.6 Å². The van der Waals surface area contributed by atoms with Gasteiger partial charge in [0.15, 0.2) is 5.78 Å². The van der Waals surface area contributed by atoms with Crippen LogP contribution in [0.5, 0.6) is 0 Å². The Morgan fingerprint density at radius 1 is 1.00 bits per heavy atom. The Morgan fingerprint density at radius 2 is 1.76 bits per heavy atom. The lowest BCUT2D eigenvalue weighted by Gasteiger charge is -2.38. The highest BCUT2D eigenvalue weighted by atomic mass is 19.1. The number of halogens is 1. The number of imide groups is 1. The minimum absolute atomic E-state index is 0.00517. The number of piperidine rings is 2. The third-order valence-corrected chi connectivity index (χ3v) is 11.8. The molecule has 6 heterocycles. The number of Topliss-reactive ketones (excluding diaryl/α,β-unsaturated/α-hetero) is 1. The van der Waals surface area contributed by atoms with Crippen LogP contribution in [0.1, 0.15) is 102 Å². The largest absolute Gasteiger partial charge is 0.370 e. The summed E-state index contributed by atoms with van der Waals surface area (Å²) in [6, 6.07) is 6.61. The molecule has 3 aromatic heterocycles. The summed E-state index contributed by atoms with van der Waals surface area (Å²) in [6.45, 7) is 5.17. The van der Waals surface area contributed by atoms with Crippen molar-refractivity contribution in [2.24, 2.45) is 0 Å². The van der Waals surface area contributed by atoms with Gasteiger partial charge in [-0.3, -0.25) is 38.8 Å². The van der Waals surface area contributed by atoms with Crippen molar-refractivity contribution < 1.29 is 23.6 Å². The summed E-state index contributed by atoms with van der Waals surface area (Å²) in [4.78, 5) is 82.8. The van der Waals surface area contributed by atoms with Gasteiger partial charge in [-0.2, -0.15) is 4.98 Å². The van der Waals surface area contributed by atoms with E-state index in [1.165, 1.54) is 11.8 Å². The summed E-state index contributed by atoms with van der Waals surface area (Å²) < 4.78 is 17.5. The lowest BCUT2D eigenvalue weighted by Crippen LogP contribution is -2.52. The van der Waals surface area contributed by atoms with E-state index in [0.717, 1.165) is 57.3 Å². The van der Waals surface area contributed by atoms with Crippen molar-refractivity contribution in [3.63, 3.8) is 0 Å². The van der Waals surface area contributed by atoms with Crippen LogP contribution in [0.2, 0.25) is 0 Å². The number of pyridine rings is 2. The Hall–Kier alpha value is -5.57. The van der Waals surface area contributed by atoms with Crippen LogP contribution in [0.4, 0.5) is 21.8 Å². The molecule has 15 heteroatoms.